The molecule has 0 aliphatic carbocycles. The third-order valence-corrected chi connectivity index (χ3v) is 3.59. The quantitative estimate of drug-likeness (QED) is 0.908. The maximum absolute atomic E-state index is 13.5. The number of nitrogens with one attached hydrogen (secondary N) is 2. The van der Waals surface area contributed by atoms with Gasteiger partial charge in [0.05, 0.1) is 0 Å². The van der Waals surface area contributed by atoms with E-state index in [1.54, 1.807) is 44.2 Å². The molecule has 5 nitrogen and oxygen atoms in total. The Morgan fingerprint density at radius 2 is 1.87 bits per heavy atom. The van der Waals surface area contributed by atoms with Gasteiger partial charge in [-0.2, -0.15) is 0 Å². The molecule has 3 rings (SSSR count). The van der Waals surface area contributed by atoms with Crippen molar-refractivity contribution in [3.8, 4) is 11.5 Å². The first-order chi connectivity index (χ1) is 11.0. The van der Waals surface area contributed by atoms with Gasteiger partial charge in [-0.25, -0.2) is 4.39 Å². The van der Waals surface area contributed by atoms with Gasteiger partial charge in [-0.05, 0) is 43.7 Å². The summed E-state index contributed by atoms with van der Waals surface area (Å²) in [5.74, 6) is 0.719. The molecule has 1 heterocycles. The number of rotatable bonds is 4. The van der Waals surface area contributed by atoms with E-state index in [0.29, 0.717) is 28.4 Å². The first-order valence-corrected chi connectivity index (χ1v) is 7.26. The van der Waals surface area contributed by atoms with Gasteiger partial charge in [-0.3, -0.25) is 4.79 Å². The van der Waals surface area contributed by atoms with Gasteiger partial charge in [-0.15, -0.1) is 0 Å². The Morgan fingerprint density at radius 1 is 1.13 bits per heavy atom. The van der Waals surface area contributed by atoms with Crippen LogP contribution in [0.25, 0.3) is 0 Å². The highest BCUT2D eigenvalue weighted by Gasteiger charge is 2.17. The predicted molar refractivity (Wildman–Crippen MR) is 85.4 cm³/mol. The van der Waals surface area contributed by atoms with Crippen LogP contribution in [-0.4, -0.2) is 18.7 Å². The smallest absolute Gasteiger partial charge is 0.246 e. The molecular formula is C17H17FN2O3. The second-order valence-corrected chi connectivity index (χ2v) is 5.39. The number of anilines is 2. The van der Waals surface area contributed by atoms with Gasteiger partial charge >= 0.3 is 0 Å². The van der Waals surface area contributed by atoms with Crippen LogP contribution in [0.5, 0.6) is 11.5 Å². The van der Waals surface area contributed by atoms with Crippen LogP contribution in [-0.2, 0) is 4.79 Å². The molecule has 120 valence electrons. The fraction of sp³-hybridized carbons (Fsp3) is 0.235. The highest BCUT2D eigenvalue weighted by Crippen LogP contribution is 2.34. The molecule has 0 saturated carbocycles. The van der Waals surface area contributed by atoms with Crippen LogP contribution in [0.15, 0.2) is 36.4 Å². The molecule has 1 unspecified atom stereocenters. The van der Waals surface area contributed by atoms with Crippen molar-refractivity contribution in [2.24, 2.45) is 0 Å². The molecule has 23 heavy (non-hydrogen) atoms. The normalized spacial score (nSPS) is 13.5. The van der Waals surface area contributed by atoms with E-state index >= 15 is 0 Å². The number of amides is 1. The van der Waals surface area contributed by atoms with Crippen LogP contribution >= 0.6 is 0 Å². The summed E-state index contributed by atoms with van der Waals surface area (Å²) in [6.07, 6.45) is 0. The largest absolute Gasteiger partial charge is 0.454 e. The second-order valence-electron chi connectivity index (χ2n) is 5.39. The van der Waals surface area contributed by atoms with Gasteiger partial charge < -0.3 is 20.1 Å². The monoisotopic (exact) mass is 316 g/mol. The molecule has 0 saturated heterocycles. The van der Waals surface area contributed by atoms with E-state index in [0.717, 1.165) is 0 Å². The summed E-state index contributed by atoms with van der Waals surface area (Å²) in [4.78, 5) is 12.2. The summed E-state index contributed by atoms with van der Waals surface area (Å²) in [5, 5.41) is 5.76. The summed E-state index contributed by atoms with van der Waals surface area (Å²) in [6.45, 7) is 3.58. The zero-order chi connectivity index (χ0) is 16.4. The number of carbonyl (C=O) groups is 1. The lowest BCUT2D eigenvalue weighted by Gasteiger charge is -2.16. The van der Waals surface area contributed by atoms with Crippen molar-refractivity contribution in [1.82, 2.24) is 0 Å². The number of aryl methyl sites for hydroxylation is 1. The van der Waals surface area contributed by atoms with Crippen LogP contribution in [0.2, 0.25) is 0 Å². The molecule has 2 aromatic rings. The van der Waals surface area contributed by atoms with E-state index in [2.05, 4.69) is 10.6 Å². The van der Waals surface area contributed by atoms with Crippen LogP contribution in [0.4, 0.5) is 15.8 Å². The Kier molecular flexibility index (Phi) is 4.06. The Hall–Kier alpha value is -2.76. The van der Waals surface area contributed by atoms with E-state index in [1.165, 1.54) is 6.07 Å². The lowest BCUT2D eigenvalue weighted by Crippen LogP contribution is -2.31. The standard InChI is InChI=1S/C17H17FN2O3/c1-10-3-4-12(7-14(10)18)19-11(2)17(21)20-13-5-6-15-16(8-13)23-9-22-15/h3-8,11,19H,9H2,1-2H3,(H,20,21). The maximum atomic E-state index is 13.5. The topological polar surface area (TPSA) is 59.6 Å². The molecule has 0 fully saturated rings. The van der Waals surface area contributed by atoms with E-state index in [1.807, 2.05) is 0 Å². The summed E-state index contributed by atoms with van der Waals surface area (Å²) >= 11 is 0. The molecule has 1 amide bonds. The average Bonchev–Trinajstić information content (AvgIpc) is 2.98. The van der Waals surface area contributed by atoms with Crippen molar-refractivity contribution in [1.29, 1.82) is 0 Å². The summed E-state index contributed by atoms with van der Waals surface area (Å²) < 4.78 is 24.0. The van der Waals surface area contributed by atoms with Gasteiger partial charge in [0.15, 0.2) is 11.5 Å². The lowest BCUT2D eigenvalue weighted by molar-refractivity contribution is -0.116. The molecule has 1 aliphatic rings. The molecule has 0 radical (unpaired) electrons. The van der Waals surface area contributed by atoms with E-state index in [-0.39, 0.29) is 18.5 Å². The van der Waals surface area contributed by atoms with Crippen LogP contribution in [0, 0.1) is 12.7 Å². The van der Waals surface area contributed by atoms with Gasteiger partial charge in [-0.1, -0.05) is 6.07 Å². The third kappa shape index (κ3) is 3.36. The van der Waals surface area contributed by atoms with Crippen molar-refractivity contribution < 1.29 is 18.7 Å². The average molecular weight is 316 g/mol. The van der Waals surface area contributed by atoms with Crippen LogP contribution < -0.4 is 20.1 Å². The molecule has 6 heteroatoms. The van der Waals surface area contributed by atoms with Gasteiger partial charge in [0, 0.05) is 17.4 Å². The lowest BCUT2D eigenvalue weighted by atomic mass is 10.2. The Morgan fingerprint density at radius 3 is 2.65 bits per heavy atom. The summed E-state index contributed by atoms with van der Waals surface area (Å²) in [7, 11) is 0. The van der Waals surface area contributed by atoms with Crippen molar-refractivity contribution in [3.05, 3.63) is 47.8 Å². The third-order valence-electron chi connectivity index (χ3n) is 3.59. The number of hydrogen-bond acceptors (Lipinski definition) is 4. The van der Waals surface area contributed by atoms with Crippen molar-refractivity contribution >= 4 is 17.3 Å². The minimum atomic E-state index is -0.525. The maximum Gasteiger partial charge on any atom is 0.246 e. The first-order valence-electron chi connectivity index (χ1n) is 7.26. The highest BCUT2D eigenvalue weighted by atomic mass is 19.1. The zero-order valence-electron chi connectivity index (χ0n) is 12.9. The fourth-order valence-electron chi connectivity index (χ4n) is 2.22. The molecule has 0 bridgehead atoms. The highest BCUT2D eigenvalue weighted by molar-refractivity contribution is 5.96. The second kappa shape index (κ2) is 6.16. The van der Waals surface area contributed by atoms with Crippen molar-refractivity contribution in [2.45, 2.75) is 19.9 Å². The summed E-state index contributed by atoms with van der Waals surface area (Å²) in [5.41, 5.74) is 1.73. The molecule has 2 N–H and O–H groups in total. The van der Waals surface area contributed by atoms with Crippen LogP contribution in [0.1, 0.15) is 12.5 Å². The molecule has 0 spiro atoms. The molecule has 1 atom stereocenters. The predicted octanol–water partition coefficient (Wildman–Crippen LogP) is 3.30. The van der Waals surface area contributed by atoms with E-state index in [9.17, 15) is 9.18 Å². The zero-order valence-corrected chi connectivity index (χ0v) is 12.9. The Bertz CT molecular complexity index is 749. The van der Waals surface area contributed by atoms with Crippen LogP contribution in [0.3, 0.4) is 0 Å². The van der Waals surface area contributed by atoms with Gasteiger partial charge in [0.1, 0.15) is 11.9 Å². The number of benzene rings is 2. The minimum Gasteiger partial charge on any atom is -0.454 e. The summed E-state index contributed by atoms with van der Waals surface area (Å²) in [6, 6.07) is 9.44. The SMILES string of the molecule is Cc1ccc(NC(C)C(=O)Nc2ccc3c(c2)OCO3)cc1F. The number of fused-ring (bicyclic) bond motifs is 1. The minimum absolute atomic E-state index is 0.184. The fourth-order valence-corrected chi connectivity index (χ4v) is 2.22. The van der Waals surface area contributed by atoms with Crippen molar-refractivity contribution in [3.63, 3.8) is 0 Å². The molecule has 2 aromatic carbocycles. The number of carbonyl (C=O) groups excluding carboxylic acids is 1. The van der Waals surface area contributed by atoms with Gasteiger partial charge in [0.25, 0.3) is 0 Å². The first kappa shape index (κ1) is 15.1. The number of ether oxygens (including phenoxy) is 2. The van der Waals surface area contributed by atoms with Crippen molar-refractivity contribution in [2.75, 3.05) is 17.4 Å². The molecule has 1 aliphatic heterocycles. The van der Waals surface area contributed by atoms with E-state index < -0.39 is 6.04 Å². The molecular weight excluding hydrogens is 299 g/mol. The Balaban J connectivity index is 1.64. The van der Waals surface area contributed by atoms with E-state index in [4.69, 9.17) is 9.47 Å². The number of halogens is 1. The Labute approximate surface area is 133 Å². The number of hydrogen-bond donors (Lipinski definition) is 2. The molecule has 0 aromatic heterocycles. The van der Waals surface area contributed by atoms with Gasteiger partial charge in [0.2, 0.25) is 12.7 Å².